The molecule has 0 fully saturated rings. The first-order chi connectivity index (χ1) is 14.1. The van der Waals surface area contributed by atoms with E-state index in [9.17, 15) is 4.79 Å². The van der Waals surface area contributed by atoms with Crippen LogP contribution in [-0.2, 0) is 4.74 Å². The van der Waals surface area contributed by atoms with Crippen molar-refractivity contribution < 1.29 is 9.53 Å². The Morgan fingerprint density at radius 3 is 2.43 bits per heavy atom. The van der Waals surface area contributed by atoms with Gasteiger partial charge in [0, 0.05) is 22.3 Å². The Morgan fingerprint density at radius 1 is 1.10 bits per heavy atom. The molecule has 0 aliphatic carbocycles. The zero-order valence-corrected chi connectivity index (χ0v) is 19.7. The number of ether oxygens (including phenoxy) is 1. The molecule has 5 nitrogen and oxygen atoms in total. The first kappa shape index (κ1) is 22.2. The molecular weight excluding hydrogens is 442 g/mol. The van der Waals surface area contributed by atoms with Crippen molar-refractivity contribution in [1.82, 2.24) is 15.3 Å². The van der Waals surface area contributed by atoms with Crippen molar-refractivity contribution in [1.29, 1.82) is 0 Å². The molecule has 0 saturated carbocycles. The summed E-state index contributed by atoms with van der Waals surface area (Å²) < 4.78 is 6.40. The molecule has 0 aliphatic rings. The van der Waals surface area contributed by atoms with Gasteiger partial charge in [-0.05, 0) is 74.6 Å². The lowest BCUT2D eigenvalue weighted by atomic mass is 9.99. The number of nitrogens with one attached hydrogen (secondary N) is 1. The van der Waals surface area contributed by atoms with Crippen LogP contribution in [0.15, 0.2) is 53.3 Å². The van der Waals surface area contributed by atoms with Crippen molar-refractivity contribution in [2.75, 3.05) is 0 Å². The fourth-order valence-electron chi connectivity index (χ4n) is 3.28. The SMILES string of the molecule is CC(C)CC(NC(=O)OC(C)(C)C)c1cc(Br)c2cc(-c3ccncc3)ccc2n1. The average molecular weight is 470 g/mol. The molecule has 0 spiro atoms. The number of hydrogen-bond acceptors (Lipinski definition) is 4. The average Bonchev–Trinajstić information content (AvgIpc) is 2.66. The molecule has 30 heavy (non-hydrogen) atoms. The van der Waals surface area contributed by atoms with Crippen LogP contribution in [0.2, 0.25) is 0 Å². The number of pyridine rings is 2. The van der Waals surface area contributed by atoms with E-state index in [-0.39, 0.29) is 6.04 Å². The van der Waals surface area contributed by atoms with E-state index in [0.29, 0.717) is 5.92 Å². The van der Waals surface area contributed by atoms with E-state index in [1.807, 2.05) is 45.0 Å². The maximum Gasteiger partial charge on any atom is 0.408 e. The minimum Gasteiger partial charge on any atom is -0.444 e. The molecule has 0 aliphatic heterocycles. The quantitative estimate of drug-likeness (QED) is 0.452. The Kier molecular flexibility index (Phi) is 6.76. The number of fused-ring (bicyclic) bond motifs is 1. The lowest BCUT2D eigenvalue weighted by Crippen LogP contribution is -2.35. The van der Waals surface area contributed by atoms with Gasteiger partial charge in [-0.2, -0.15) is 0 Å². The summed E-state index contributed by atoms with van der Waals surface area (Å²) in [6.45, 7) is 9.82. The van der Waals surface area contributed by atoms with E-state index in [0.717, 1.165) is 38.6 Å². The lowest BCUT2D eigenvalue weighted by molar-refractivity contribution is 0.0496. The van der Waals surface area contributed by atoms with E-state index in [1.54, 1.807) is 12.4 Å². The Morgan fingerprint density at radius 2 is 1.80 bits per heavy atom. The number of hydrogen-bond donors (Lipinski definition) is 1. The van der Waals surface area contributed by atoms with Gasteiger partial charge in [0.25, 0.3) is 0 Å². The van der Waals surface area contributed by atoms with Gasteiger partial charge >= 0.3 is 6.09 Å². The van der Waals surface area contributed by atoms with E-state index >= 15 is 0 Å². The summed E-state index contributed by atoms with van der Waals surface area (Å²) in [4.78, 5) is 21.3. The lowest BCUT2D eigenvalue weighted by Gasteiger charge is -2.25. The summed E-state index contributed by atoms with van der Waals surface area (Å²) in [5, 5.41) is 4.02. The molecule has 0 radical (unpaired) electrons. The highest BCUT2D eigenvalue weighted by Gasteiger charge is 2.23. The van der Waals surface area contributed by atoms with Crippen LogP contribution >= 0.6 is 15.9 Å². The summed E-state index contributed by atoms with van der Waals surface area (Å²) >= 11 is 3.71. The van der Waals surface area contributed by atoms with Gasteiger partial charge in [0.1, 0.15) is 5.60 Å². The Bertz CT molecular complexity index is 1030. The minimum atomic E-state index is -0.548. The first-order valence-electron chi connectivity index (χ1n) is 10.1. The monoisotopic (exact) mass is 469 g/mol. The number of alkyl carbamates (subject to hydrolysis) is 1. The molecule has 3 aromatic rings. The summed E-state index contributed by atoms with van der Waals surface area (Å²) in [5.41, 5.74) is 3.34. The largest absolute Gasteiger partial charge is 0.444 e. The zero-order chi connectivity index (χ0) is 21.9. The van der Waals surface area contributed by atoms with Crippen LogP contribution < -0.4 is 5.32 Å². The van der Waals surface area contributed by atoms with Crippen LogP contribution in [0.25, 0.3) is 22.0 Å². The van der Waals surface area contributed by atoms with Crippen LogP contribution in [0.3, 0.4) is 0 Å². The fraction of sp³-hybridized carbons (Fsp3) is 0.375. The van der Waals surface area contributed by atoms with Crippen LogP contribution in [0, 0.1) is 5.92 Å². The Balaban J connectivity index is 1.95. The molecule has 2 heterocycles. The molecule has 1 N–H and O–H groups in total. The number of carbonyl (C=O) groups is 1. The number of amides is 1. The summed E-state index contributed by atoms with van der Waals surface area (Å²) in [6, 6.07) is 11.9. The third kappa shape index (κ3) is 5.79. The van der Waals surface area contributed by atoms with Crippen molar-refractivity contribution in [2.24, 2.45) is 5.92 Å². The number of nitrogens with zero attached hydrogens (tertiary/aromatic N) is 2. The van der Waals surface area contributed by atoms with E-state index in [1.165, 1.54) is 0 Å². The van der Waals surface area contributed by atoms with Crippen LogP contribution in [0.1, 0.15) is 52.8 Å². The highest BCUT2D eigenvalue weighted by molar-refractivity contribution is 9.10. The third-order valence-corrected chi connectivity index (χ3v) is 5.20. The zero-order valence-electron chi connectivity index (χ0n) is 18.1. The third-order valence-electron chi connectivity index (χ3n) is 4.55. The van der Waals surface area contributed by atoms with Gasteiger partial charge in [0.15, 0.2) is 0 Å². The summed E-state index contributed by atoms with van der Waals surface area (Å²) in [6.07, 6.45) is 3.90. The molecule has 3 rings (SSSR count). The minimum absolute atomic E-state index is 0.236. The highest BCUT2D eigenvalue weighted by Crippen LogP contribution is 2.31. The second-order valence-electron chi connectivity index (χ2n) is 8.83. The summed E-state index contributed by atoms with van der Waals surface area (Å²) in [5.74, 6) is 0.385. The molecule has 1 unspecified atom stereocenters. The number of rotatable bonds is 5. The predicted octanol–water partition coefficient (Wildman–Crippen LogP) is 6.67. The molecule has 0 saturated heterocycles. The van der Waals surface area contributed by atoms with Gasteiger partial charge in [-0.25, -0.2) is 4.79 Å². The maximum atomic E-state index is 12.4. The van der Waals surface area contributed by atoms with Gasteiger partial charge in [0.2, 0.25) is 0 Å². The van der Waals surface area contributed by atoms with Gasteiger partial charge in [-0.1, -0.05) is 35.8 Å². The van der Waals surface area contributed by atoms with Gasteiger partial charge < -0.3 is 10.1 Å². The van der Waals surface area contributed by atoms with Gasteiger partial charge in [-0.15, -0.1) is 0 Å². The summed E-state index contributed by atoms with van der Waals surface area (Å²) in [7, 11) is 0. The fourth-order valence-corrected chi connectivity index (χ4v) is 3.83. The Labute approximate surface area is 186 Å². The molecular formula is C24H28BrN3O2. The van der Waals surface area contributed by atoms with Crippen molar-refractivity contribution >= 4 is 32.9 Å². The maximum absolute atomic E-state index is 12.4. The van der Waals surface area contributed by atoms with Crippen LogP contribution in [0.5, 0.6) is 0 Å². The number of carbonyl (C=O) groups excluding carboxylic acids is 1. The predicted molar refractivity (Wildman–Crippen MR) is 124 cm³/mol. The van der Waals surface area contributed by atoms with Crippen molar-refractivity contribution in [3.63, 3.8) is 0 Å². The molecule has 6 heteroatoms. The second-order valence-corrected chi connectivity index (χ2v) is 9.68. The van der Waals surface area contributed by atoms with Crippen molar-refractivity contribution in [2.45, 2.75) is 52.7 Å². The highest BCUT2D eigenvalue weighted by atomic mass is 79.9. The Hall–Kier alpha value is -2.47. The van der Waals surface area contributed by atoms with Crippen molar-refractivity contribution in [3.8, 4) is 11.1 Å². The van der Waals surface area contributed by atoms with Gasteiger partial charge in [0.05, 0.1) is 17.3 Å². The molecule has 1 atom stereocenters. The first-order valence-corrected chi connectivity index (χ1v) is 10.9. The van der Waals surface area contributed by atoms with E-state index in [4.69, 9.17) is 9.72 Å². The number of aromatic nitrogens is 2. The topological polar surface area (TPSA) is 64.1 Å². The smallest absolute Gasteiger partial charge is 0.408 e. The van der Waals surface area contributed by atoms with Gasteiger partial charge in [-0.3, -0.25) is 9.97 Å². The number of benzene rings is 1. The van der Waals surface area contributed by atoms with E-state index in [2.05, 4.69) is 52.2 Å². The second kappa shape index (κ2) is 9.13. The standard InChI is InChI=1S/C24H28BrN3O2/c1-15(2)12-21(28-23(29)30-24(3,4)5)22-14-19(25)18-13-17(6-7-20(18)27-22)16-8-10-26-11-9-16/h6-11,13-15,21H,12H2,1-5H3,(H,28,29). The molecule has 1 amide bonds. The molecule has 1 aromatic carbocycles. The van der Waals surface area contributed by atoms with Crippen LogP contribution in [-0.4, -0.2) is 21.7 Å². The number of halogens is 1. The molecule has 158 valence electrons. The molecule has 0 bridgehead atoms. The van der Waals surface area contributed by atoms with Crippen LogP contribution in [0.4, 0.5) is 4.79 Å². The van der Waals surface area contributed by atoms with E-state index < -0.39 is 11.7 Å². The van der Waals surface area contributed by atoms with Crippen molar-refractivity contribution in [3.05, 3.63) is 59.0 Å². The molecule has 2 aromatic heterocycles. The normalized spacial score (nSPS) is 12.8.